The average molecular weight is 322 g/mol. The zero-order valence-corrected chi connectivity index (χ0v) is 13.7. The molecule has 5 heteroatoms. The van der Waals surface area contributed by atoms with Crippen LogP contribution < -0.4 is 10.6 Å². The molecule has 24 heavy (non-hydrogen) atoms. The lowest BCUT2D eigenvalue weighted by Crippen LogP contribution is -2.12. The van der Waals surface area contributed by atoms with Gasteiger partial charge in [-0.1, -0.05) is 11.6 Å². The number of pyridine rings is 2. The fourth-order valence-corrected chi connectivity index (χ4v) is 2.76. The van der Waals surface area contributed by atoms with Crippen LogP contribution in [0.25, 0.3) is 0 Å². The second-order valence-corrected chi connectivity index (χ2v) is 5.91. The molecular formula is C19H22N4O. The lowest BCUT2D eigenvalue weighted by Gasteiger charge is -2.13. The number of allylic oxidation sites excluding steroid dienone is 1. The van der Waals surface area contributed by atoms with E-state index in [1.807, 2.05) is 12.1 Å². The monoisotopic (exact) mass is 322 g/mol. The molecule has 2 aromatic rings. The summed E-state index contributed by atoms with van der Waals surface area (Å²) in [6.07, 6.45) is 13.4. The predicted molar refractivity (Wildman–Crippen MR) is 96.1 cm³/mol. The third-order valence-electron chi connectivity index (χ3n) is 4.08. The van der Waals surface area contributed by atoms with E-state index in [0.29, 0.717) is 11.3 Å². The van der Waals surface area contributed by atoms with Gasteiger partial charge in [-0.05, 0) is 56.4 Å². The van der Waals surface area contributed by atoms with Crippen molar-refractivity contribution in [3.8, 4) is 0 Å². The maximum Gasteiger partial charge on any atom is 0.257 e. The zero-order valence-electron chi connectivity index (χ0n) is 13.7. The third-order valence-corrected chi connectivity index (χ3v) is 4.08. The van der Waals surface area contributed by atoms with Crippen LogP contribution in [0.15, 0.2) is 54.5 Å². The molecule has 0 aliphatic heterocycles. The Morgan fingerprint density at radius 1 is 1.17 bits per heavy atom. The van der Waals surface area contributed by atoms with E-state index < -0.39 is 0 Å². The van der Waals surface area contributed by atoms with Gasteiger partial charge in [0.15, 0.2) is 0 Å². The minimum Gasteiger partial charge on any atom is -0.370 e. The maximum atomic E-state index is 12.0. The summed E-state index contributed by atoms with van der Waals surface area (Å²) in [5, 5.41) is 6.14. The number of nitrogens with zero attached hydrogens (tertiary/aromatic N) is 2. The number of hydrogen-bond acceptors (Lipinski definition) is 4. The molecule has 3 rings (SSSR count). The van der Waals surface area contributed by atoms with Crippen molar-refractivity contribution in [2.45, 2.75) is 32.1 Å². The van der Waals surface area contributed by atoms with Gasteiger partial charge in [0.25, 0.3) is 5.91 Å². The first kappa shape index (κ1) is 16.2. The highest BCUT2D eigenvalue weighted by Gasteiger charge is 2.06. The number of rotatable bonds is 6. The van der Waals surface area contributed by atoms with Crippen molar-refractivity contribution in [1.82, 2.24) is 9.97 Å². The fraction of sp³-hybridized carbons (Fsp3) is 0.316. The Morgan fingerprint density at radius 3 is 2.83 bits per heavy atom. The molecule has 0 fully saturated rings. The average Bonchev–Trinajstić information content (AvgIpc) is 2.65. The molecule has 1 aliphatic rings. The third kappa shape index (κ3) is 4.65. The molecule has 5 nitrogen and oxygen atoms in total. The lowest BCUT2D eigenvalue weighted by atomic mass is 9.97. The van der Waals surface area contributed by atoms with Gasteiger partial charge in [-0.25, -0.2) is 4.98 Å². The number of nitrogens with one attached hydrogen (secondary N) is 2. The molecule has 0 aromatic carbocycles. The maximum absolute atomic E-state index is 12.0. The molecule has 1 aliphatic carbocycles. The predicted octanol–water partition coefficient (Wildman–Crippen LogP) is 4.03. The van der Waals surface area contributed by atoms with Crippen molar-refractivity contribution in [3.63, 3.8) is 0 Å². The van der Waals surface area contributed by atoms with E-state index >= 15 is 0 Å². The summed E-state index contributed by atoms with van der Waals surface area (Å²) in [5.41, 5.74) is 2.75. The van der Waals surface area contributed by atoms with Crippen LogP contribution in [0, 0.1) is 0 Å². The van der Waals surface area contributed by atoms with E-state index in [4.69, 9.17) is 0 Å². The van der Waals surface area contributed by atoms with E-state index in [0.717, 1.165) is 18.8 Å². The standard InChI is InChI=1S/C19H22N4O/c24-19(16-7-4-11-20-13-16)23-17-8-9-18(22-14-17)21-12-10-15-5-2-1-3-6-15/h4-5,7-9,11,13-14H,1-3,6,10,12H2,(H,21,22)(H,23,24). The lowest BCUT2D eigenvalue weighted by molar-refractivity contribution is 0.102. The van der Waals surface area contributed by atoms with Gasteiger partial charge in [-0.2, -0.15) is 0 Å². The van der Waals surface area contributed by atoms with Gasteiger partial charge in [0.1, 0.15) is 5.82 Å². The van der Waals surface area contributed by atoms with Gasteiger partial charge in [0.05, 0.1) is 17.4 Å². The number of carbonyl (C=O) groups is 1. The molecule has 0 bridgehead atoms. The number of anilines is 2. The van der Waals surface area contributed by atoms with Crippen molar-refractivity contribution in [1.29, 1.82) is 0 Å². The summed E-state index contributed by atoms with van der Waals surface area (Å²) >= 11 is 0. The highest BCUT2D eigenvalue weighted by atomic mass is 16.1. The minimum atomic E-state index is -0.185. The van der Waals surface area contributed by atoms with Crippen LogP contribution in [0.2, 0.25) is 0 Å². The molecule has 0 radical (unpaired) electrons. The first-order valence-corrected chi connectivity index (χ1v) is 8.40. The summed E-state index contributed by atoms with van der Waals surface area (Å²) < 4.78 is 0. The summed E-state index contributed by atoms with van der Waals surface area (Å²) in [6.45, 7) is 0.889. The quantitative estimate of drug-likeness (QED) is 0.788. The topological polar surface area (TPSA) is 66.9 Å². The fourth-order valence-electron chi connectivity index (χ4n) is 2.76. The highest BCUT2D eigenvalue weighted by Crippen LogP contribution is 2.20. The molecule has 0 saturated heterocycles. The number of aromatic nitrogens is 2. The van der Waals surface area contributed by atoms with Gasteiger partial charge < -0.3 is 10.6 Å². The Kier molecular flexibility index (Phi) is 5.56. The molecule has 2 heterocycles. The molecule has 0 unspecified atom stereocenters. The molecule has 0 spiro atoms. The van der Waals surface area contributed by atoms with Crippen LogP contribution in [0.4, 0.5) is 11.5 Å². The molecule has 2 aromatic heterocycles. The number of carbonyl (C=O) groups excluding carboxylic acids is 1. The van der Waals surface area contributed by atoms with E-state index in [1.165, 1.54) is 25.7 Å². The Morgan fingerprint density at radius 2 is 2.12 bits per heavy atom. The summed E-state index contributed by atoms with van der Waals surface area (Å²) in [4.78, 5) is 20.3. The SMILES string of the molecule is O=C(Nc1ccc(NCCC2=CCCCC2)nc1)c1cccnc1. The second-order valence-electron chi connectivity index (χ2n) is 5.91. The first-order valence-electron chi connectivity index (χ1n) is 8.40. The number of hydrogen-bond donors (Lipinski definition) is 2. The van der Waals surface area contributed by atoms with Crippen LogP contribution >= 0.6 is 0 Å². The van der Waals surface area contributed by atoms with Crippen LogP contribution in [-0.2, 0) is 0 Å². The van der Waals surface area contributed by atoms with Gasteiger partial charge in [-0.15, -0.1) is 0 Å². The Hall–Kier alpha value is -2.69. The van der Waals surface area contributed by atoms with E-state index in [1.54, 1.807) is 36.3 Å². The van der Waals surface area contributed by atoms with Crippen molar-refractivity contribution >= 4 is 17.4 Å². The van der Waals surface area contributed by atoms with E-state index in [2.05, 4.69) is 26.7 Å². The molecule has 1 amide bonds. The molecule has 0 saturated carbocycles. The van der Waals surface area contributed by atoms with E-state index in [9.17, 15) is 4.79 Å². The van der Waals surface area contributed by atoms with Crippen LogP contribution in [0.1, 0.15) is 42.5 Å². The molecule has 0 atom stereocenters. The zero-order chi connectivity index (χ0) is 16.6. The summed E-state index contributed by atoms with van der Waals surface area (Å²) in [6, 6.07) is 7.20. The van der Waals surface area contributed by atoms with Gasteiger partial charge >= 0.3 is 0 Å². The van der Waals surface area contributed by atoms with Crippen molar-refractivity contribution in [2.75, 3.05) is 17.2 Å². The van der Waals surface area contributed by atoms with Crippen LogP contribution in [0.5, 0.6) is 0 Å². The Labute approximate surface area is 142 Å². The Bertz CT molecular complexity index is 695. The molecule has 124 valence electrons. The van der Waals surface area contributed by atoms with Crippen molar-refractivity contribution in [3.05, 3.63) is 60.1 Å². The molecule has 2 N–H and O–H groups in total. The van der Waals surface area contributed by atoms with Crippen LogP contribution in [0.3, 0.4) is 0 Å². The van der Waals surface area contributed by atoms with Gasteiger partial charge in [-0.3, -0.25) is 9.78 Å². The van der Waals surface area contributed by atoms with Crippen molar-refractivity contribution in [2.24, 2.45) is 0 Å². The Balaban J connectivity index is 1.48. The van der Waals surface area contributed by atoms with E-state index in [-0.39, 0.29) is 5.91 Å². The number of amides is 1. The van der Waals surface area contributed by atoms with Crippen LogP contribution in [-0.4, -0.2) is 22.4 Å². The minimum absolute atomic E-state index is 0.185. The summed E-state index contributed by atoms with van der Waals surface area (Å²) in [5.74, 6) is 0.639. The van der Waals surface area contributed by atoms with Gasteiger partial charge in [0.2, 0.25) is 0 Å². The second kappa shape index (κ2) is 8.24. The smallest absolute Gasteiger partial charge is 0.257 e. The van der Waals surface area contributed by atoms with Gasteiger partial charge in [0, 0.05) is 18.9 Å². The first-order chi connectivity index (χ1) is 11.8. The largest absolute Gasteiger partial charge is 0.370 e. The summed E-state index contributed by atoms with van der Waals surface area (Å²) in [7, 11) is 0. The van der Waals surface area contributed by atoms with Crippen molar-refractivity contribution < 1.29 is 4.79 Å². The highest BCUT2D eigenvalue weighted by molar-refractivity contribution is 6.03. The normalized spacial score (nSPS) is 13.9. The molecular weight excluding hydrogens is 300 g/mol.